The molecule has 168 valence electrons. The number of halogens is 1. The van der Waals surface area contributed by atoms with Crippen LogP contribution in [0.2, 0.25) is 0 Å². The molecule has 0 saturated carbocycles. The molecule has 31 heavy (non-hydrogen) atoms. The molecule has 1 aromatic rings. The van der Waals surface area contributed by atoms with Crippen molar-refractivity contribution in [1.29, 1.82) is 0 Å². The van der Waals surface area contributed by atoms with Gasteiger partial charge in [0.1, 0.15) is 17.2 Å². The van der Waals surface area contributed by atoms with Gasteiger partial charge in [0.05, 0.1) is 5.57 Å². The van der Waals surface area contributed by atoms with Crippen LogP contribution in [0.3, 0.4) is 0 Å². The average Bonchev–Trinajstić information content (AvgIpc) is 3.14. The van der Waals surface area contributed by atoms with Crippen LogP contribution in [0.1, 0.15) is 26.3 Å². The second kappa shape index (κ2) is 9.08. The standard InChI is InChI=1S/C21H28ClN5O3S/c1-13(14(2)22)18(28)27-8-7-15-16(23-19(31-6)24-17(15)27)25-9-11-26(12-10-25)20(29)30-21(3,4)5/h1-2,7-12H2,3-6H3. The molecule has 8 nitrogen and oxygen atoms in total. The second-order valence-corrected chi connectivity index (χ2v) is 9.61. The lowest BCUT2D eigenvalue weighted by Gasteiger charge is -2.36. The highest BCUT2D eigenvalue weighted by Crippen LogP contribution is 2.36. The predicted octanol–water partition coefficient (Wildman–Crippen LogP) is 3.45. The molecule has 10 heteroatoms. The summed E-state index contributed by atoms with van der Waals surface area (Å²) in [4.78, 5) is 39.9. The number of nitrogens with zero attached hydrogens (tertiary/aromatic N) is 5. The van der Waals surface area contributed by atoms with Gasteiger partial charge in [-0.1, -0.05) is 36.5 Å². The highest BCUT2D eigenvalue weighted by atomic mass is 35.5. The molecular formula is C21H28ClN5O3S. The van der Waals surface area contributed by atoms with Crippen LogP contribution in [0.4, 0.5) is 16.4 Å². The predicted molar refractivity (Wildman–Crippen MR) is 124 cm³/mol. The van der Waals surface area contributed by atoms with Crippen molar-refractivity contribution in [3.63, 3.8) is 0 Å². The van der Waals surface area contributed by atoms with Crippen molar-refractivity contribution in [1.82, 2.24) is 14.9 Å². The fraction of sp³-hybridized carbons (Fsp3) is 0.524. The largest absolute Gasteiger partial charge is 0.444 e. The first-order valence-corrected chi connectivity index (χ1v) is 11.7. The smallest absolute Gasteiger partial charge is 0.410 e. The van der Waals surface area contributed by atoms with Gasteiger partial charge in [0.25, 0.3) is 5.91 Å². The lowest BCUT2D eigenvalue weighted by atomic mass is 10.2. The first-order chi connectivity index (χ1) is 14.5. The van der Waals surface area contributed by atoms with Gasteiger partial charge in [0.15, 0.2) is 5.16 Å². The Morgan fingerprint density at radius 1 is 1.06 bits per heavy atom. The number of aromatic nitrogens is 2. The van der Waals surface area contributed by atoms with Crippen molar-refractivity contribution in [2.75, 3.05) is 48.8 Å². The second-order valence-electron chi connectivity index (χ2n) is 8.38. The van der Waals surface area contributed by atoms with Gasteiger partial charge in [-0.15, -0.1) is 0 Å². The number of carbonyl (C=O) groups excluding carboxylic acids is 2. The molecule has 3 heterocycles. The maximum Gasteiger partial charge on any atom is 0.410 e. The molecule has 1 saturated heterocycles. The van der Waals surface area contributed by atoms with Gasteiger partial charge in [-0.05, 0) is 33.4 Å². The minimum Gasteiger partial charge on any atom is -0.444 e. The molecule has 0 radical (unpaired) electrons. The van der Waals surface area contributed by atoms with Crippen molar-refractivity contribution in [2.45, 2.75) is 37.9 Å². The zero-order chi connectivity index (χ0) is 22.9. The van der Waals surface area contributed by atoms with Crippen LogP contribution in [0.5, 0.6) is 0 Å². The summed E-state index contributed by atoms with van der Waals surface area (Å²) < 4.78 is 5.48. The van der Waals surface area contributed by atoms with E-state index in [4.69, 9.17) is 21.3 Å². The number of rotatable bonds is 4. The highest BCUT2D eigenvalue weighted by Gasteiger charge is 2.34. The van der Waals surface area contributed by atoms with Crippen molar-refractivity contribution in [3.05, 3.63) is 29.3 Å². The van der Waals surface area contributed by atoms with E-state index in [9.17, 15) is 9.59 Å². The van der Waals surface area contributed by atoms with E-state index in [2.05, 4.69) is 23.0 Å². The average molecular weight is 466 g/mol. The lowest BCUT2D eigenvalue weighted by Crippen LogP contribution is -2.50. The van der Waals surface area contributed by atoms with Crippen molar-refractivity contribution >= 4 is 47.0 Å². The SMILES string of the molecule is C=C(Cl)C(=C)C(=O)N1CCc2c(N3CCN(C(=O)OC(C)(C)C)CC3)nc(SC)nc21. The molecule has 0 unspecified atom stereocenters. The number of amides is 2. The summed E-state index contributed by atoms with van der Waals surface area (Å²) in [6, 6.07) is 0. The van der Waals surface area contributed by atoms with E-state index in [0.29, 0.717) is 50.1 Å². The van der Waals surface area contributed by atoms with E-state index in [1.807, 2.05) is 27.0 Å². The topological polar surface area (TPSA) is 78.9 Å². The van der Waals surface area contributed by atoms with Gasteiger partial charge < -0.3 is 14.5 Å². The molecule has 0 bridgehead atoms. The van der Waals surface area contributed by atoms with Crippen LogP contribution >= 0.6 is 23.4 Å². The fourth-order valence-electron chi connectivity index (χ4n) is 3.47. The summed E-state index contributed by atoms with van der Waals surface area (Å²) in [5.41, 5.74) is 0.555. The van der Waals surface area contributed by atoms with Crippen molar-refractivity contribution in [2.24, 2.45) is 0 Å². The number of thioether (sulfide) groups is 1. The Morgan fingerprint density at radius 2 is 1.68 bits per heavy atom. The third-order valence-electron chi connectivity index (χ3n) is 5.03. The van der Waals surface area contributed by atoms with Crippen LogP contribution in [-0.4, -0.2) is 71.4 Å². The van der Waals surface area contributed by atoms with Gasteiger partial charge in [0, 0.05) is 43.3 Å². The monoisotopic (exact) mass is 465 g/mol. The Morgan fingerprint density at radius 3 is 2.23 bits per heavy atom. The fourth-order valence-corrected chi connectivity index (χ4v) is 3.91. The number of anilines is 2. The molecular weight excluding hydrogens is 438 g/mol. The zero-order valence-electron chi connectivity index (χ0n) is 18.4. The minimum atomic E-state index is -0.525. The van der Waals surface area contributed by atoms with E-state index in [0.717, 1.165) is 11.4 Å². The van der Waals surface area contributed by atoms with Crippen LogP contribution in [0.15, 0.2) is 28.9 Å². The molecule has 0 spiro atoms. The summed E-state index contributed by atoms with van der Waals surface area (Å²) in [5.74, 6) is 1.10. The van der Waals surface area contributed by atoms with Crippen LogP contribution in [0.25, 0.3) is 0 Å². The van der Waals surface area contributed by atoms with Crippen molar-refractivity contribution < 1.29 is 14.3 Å². The number of fused-ring (bicyclic) bond motifs is 1. The highest BCUT2D eigenvalue weighted by molar-refractivity contribution is 7.98. The first-order valence-electron chi connectivity index (χ1n) is 10.0. The summed E-state index contributed by atoms with van der Waals surface area (Å²) >= 11 is 7.31. The maximum atomic E-state index is 12.8. The van der Waals surface area contributed by atoms with Crippen LogP contribution in [0, 0.1) is 0 Å². The van der Waals surface area contributed by atoms with Crippen molar-refractivity contribution in [3.8, 4) is 0 Å². The van der Waals surface area contributed by atoms with Crippen LogP contribution in [-0.2, 0) is 16.0 Å². The molecule has 1 aromatic heterocycles. The molecule has 0 aromatic carbocycles. The lowest BCUT2D eigenvalue weighted by molar-refractivity contribution is -0.114. The van der Waals surface area contributed by atoms with E-state index in [-0.39, 0.29) is 22.6 Å². The number of hydrogen-bond acceptors (Lipinski definition) is 7. The number of piperazine rings is 1. The third-order valence-corrected chi connectivity index (χ3v) is 5.80. The summed E-state index contributed by atoms with van der Waals surface area (Å²) in [7, 11) is 0. The third kappa shape index (κ3) is 5.15. The molecule has 0 aliphatic carbocycles. The Bertz CT molecular complexity index is 922. The number of ether oxygens (including phenoxy) is 1. The van der Waals surface area contributed by atoms with E-state index >= 15 is 0 Å². The first kappa shape index (κ1) is 23.4. The molecule has 2 amide bonds. The maximum absolute atomic E-state index is 12.8. The normalized spacial score (nSPS) is 16.2. The molecule has 2 aliphatic rings. The number of hydrogen-bond donors (Lipinski definition) is 0. The van der Waals surface area contributed by atoms with Crippen LogP contribution < -0.4 is 9.80 Å². The zero-order valence-corrected chi connectivity index (χ0v) is 20.0. The summed E-state index contributed by atoms with van der Waals surface area (Å²) in [5, 5.41) is 0.703. The minimum absolute atomic E-state index is 0.121. The Balaban J connectivity index is 1.81. The Kier molecular flexibility index (Phi) is 6.85. The molecule has 0 N–H and O–H groups in total. The van der Waals surface area contributed by atoms with E-state index in [1.165, 1.54) is 11.8 Å². The quantitative estimate of drug-likeness (QED) is 0.291. The van der Waals surface area contributed by atoms with Gasteiger partial charge >= 0.3 is 6.09 Å². The molecule has 2 aliphatic heterocycles. The number of carbonyl (C=O) groups is 2. The molecule has 1 fully saturated rings. The molecule has 3 rings (SSSR count). The van der Waals surface area contributed by atoms with Gasteiger partial charge in [-0.25, -0.2) is 14.8 Å². The van der Waals surface area contributed by atoms with E-state index in [1.54, 1.807) is 9.80 Å². The van der Waals surface area contributed by atoms with Gasteiger partial charge in [0.2, 0.25) is 0 Å². The molecule has 0 atom stereocenters. The summed E-state index contributed by atoms with van der Waals surface area (Å²) in [6.45, 7) is 15.7. The Hall–Kier alpha value is -2.26. The van der Waals surface area contributed by atoms with E-state index < -0.39 is 5.60 Å². The summed E-state index contributed by atoms with van der Waals surface area (Å²) in [6.07, 6.45) is 2.23. The van der Waals surface area contributed by atoms with Gasteiger partial charge in [-0.3, -0.25) is 9.69 Å². The Labute approximate surface area is 192 Å². The van der Waals surface area contributed by atoms with Gasteiger partial charge in [-0.2, -0.15) is 0 Å².